The third kappa shape index (κ3) is 3.49. The number of carbonyl (C=O) groups is 1. The van der Waals surface area contributed by atoms with E-state index in [4.69, 9.17) is 5.73 Å². The predicted molar refractivity (Wildman–Crippen MR) is 87.3 cm³/mol. The van der Waals surface area contributed by atoms with Gasteiger partial charge in [0.25, 0.3) is 0 Å². The Labute approximate surface area is 127 Å². The highest BCUT2D eigenvalue weighted by Crippen LogP contribution is 2.29. The fourth-order valence-corrected chi connectivity index (χ4v) is 3.38. The second-order valence-corrected chi connectivity index (χ2v) is 6.17. The maximum absolute atomic E-state index is 11.9. The molecule has 0 radical (unpaired) electrons. The molecule has 108 valence electrons. The van der Waals surface area contributed by atoms with Gasteiger partial charge in [0, 0.05) is 16.6 Å². The molecule has 21 heavy (non-hydrogen) atoms. The lowest BCUT2D eigenvalue weighted by Gasteiger charge is -2.06. The van der Waals surface area contributed by atoms with Crippen molar-refractivity contribution in [3.8, 4) is 0 Å². The highest BCUT2D eigenvalue weighted by atomic mass is 32.1. The maximum atomic E-state index is 11.9. The molecule has 1 aliphatic rings. The van der Waals surface area contributed by atoms with Gasteiger partial charge < -0.3 is 5.73 Å². The van der Waals surface area contributed by atoms with Gasteiger partial charge in [-0.3, -0.25) is 10.1 Å². The summed E-state index contributed by atoms with van der Waals surface area (Å²) in [6, 6.07) is 7.38. The molecule has 0 unspecified atom stereocenters. The Bertz CT molecular complexity index is 650. The summed E-state index contributed by atoms with van der Waals surface area (Å²) in [6.45, 7) is 0. The van der Waals surface area contributed by atoms with Crippen LogP contribution in [0.15, 0.2) is 30.3 Å². The molecule has 0 aliphatic heterocycles. The molecule has 1 amide bonds. The van der Waals surface area contributed by atoms with E-state index in [1.165, 1.54) is 23.8 Å². The first kappa shape index (κ1) is 13.8. The van der Waals surface area contributed by atoms with Crippen LogP contribution in [0.1, 0.15) is 29.0 Å². The van der Waals surface area contributed by atoms with Gasteiger partial charge in [0.2, 0.25) is 5.91 Å². The van der Waals surface area contributed by atoms with Crippen molar-refractivity contribution in [1.82, 2.24) is 4.98 Å². The SMILES string of the molecule is Nc1ccc(/C=C/C(=O)Nc2nc3c(s2)CCCC3)cc1. The van der Waals surface area contributed by atoms with Crippen LogP contribution in [0.3, 0.4) is 0 Å². The van der Waals surface area contributed by atoms with Crippen LogP contribution < -0.4 is 11.1 Å². The Morgan fingerprint density at radius 3 is 2.76 bits per heavy atom. The van der Waals surface area contributed by atoms with Crippen LogP contribution in [-0.2, 0) is 17.6 Å². The molecule has 1 aromatic carbocycles. The van der Waals surface area contributed by atoms with E-state index in [0.717, 1.165) is 24.1 Å². The summed E-state index contributed by atoms with van der Waals surface area (Å²) in [6.07, 6.45) is 7.82. The molecule has 4 nitrogen and oxygen atoms in total. The molecule has 0 saturated carbocycles. The molecule has 1 aromatic heterocycles. The average Bonchev–Trinajstić information content (AvgIpc) is 2.88. The predicted octanol–water partition coefficient (Wildman–Crippen LogP) is 3.26. The van der Waals surface area contributed by atoms with Crippen LogP contribution in [0.5, 0.6) is 0 Å². The van der Waals surface area contributed by atoms with Gasteiger partial charge in [-0.2, -0.15) is 0 Å². The highest BCUT2D eigenvalue weighted by Gasteiger charge is 2.15. The molecule has 0 fully saturated rings. The number of hydrogen-bond donors (Lipinski definition) is 2. The molecule has 3 rings (SSSR count). The molecule has 1 heterocycles. The van der Waals surface area contributed by atoms with Crippen molar-refractivity contribution in [3.05, 3.63) is 46.5 Å². The summed E-state index contributed by atoms with van der Waals surface area (Å²) in [5.41, 5.74) is 8.43. The van der Waals surface area contributed by atoms with E-state index in [9.17, 15) is 4.79 Å². The zero-order valence-corrected chi connectivity index (χ0v) is 12.5. The quantitative estimate of drug-likeness (QED) is 0.675. The standard InChI is InChI=1S/C16H17N3OS/c17-12-8-5-11(6-9-12)7-10-15(20)19-16-18-13-3-1-2-4-14(13)21-16/h5-10H,1-4,17H2,(H,18,19,20)/b10-7+. The number of nitrogen functional groups attached to an aromatic ring is 1. The van der Waals surface area contributed by atoms with Gasteiger partial charge in [0.1, 0.15) is 0 Å². The fraction of sp³-hybridized carbons (Fsp3) is 0.250. The topological polar surface area (TPSA) is 68.0 Å². The van der Waals surface area contributed by atoms with Crippen molar-refractivity contribution < 1.29 is 4.79 Å². The van der Waals surface area contributed by atoms with Crippen molar-refractivity contribution >= 4 is 34.1 Å². The number of amides is 1. The fourth-order valence-electron chi connectivity index (χ4n) is 2.33. The lowest BCUT2D eigenvalue weighted by molar-refractivity contribution is -0.111. The number of fused-ring (bicyclic) bond motifs is 1. The monoisotopic (exact) mass is 299 g/mol. The number of benzene rings is 1. The summed E-state index contributed by atoms with van der Waals surface area (Å²) in [7, 11) is 0. The Morgan fingerprint density at radius 1 is 1.24 bits per heavy atom. The first-order chi connectivity index (χ1) is 10.2. The minimum Gasteiger partial charge on any atom is -0.399 e. The largest absolute Gasteiger partial charge is 0.399 e. The zero-order chi connectivity index (χ0) is 14.7. The average molecular weight is 299 g/mol. The van der Waals surface area contributed by atoms with E-state index >= 15 is 0 Å². The minimum atomic E-state index is -0.155. The molecule has 0 spiro atoms. The highest BCUT2D eigenvalue weighted by molar-refractivity contribution is 7.15. The maximum Gasteiger partial charge on any atom is 0.250 e. The molecule has 5 heteroatoms. The second kappa shape index (κ2) is 6.10. The molecule has 0 bridgehead atoms. The third-order valence-corrected chi connectivity index (χ3v) is 4.51. The third-order valence-electron chi connectivity index (χ3n) is 3.44. The first-order valence-corrected chi connectivity index (χ1v) is 7.85. The summed E-state index contributed by atoms with van der Waals surface area (Å²) in [5.74, 6) is -0.155. The van der Waals surface area contributed by atoms with Crippen molar-refractivity contribution in [2.75, 3.05) is 11.1 Å². The Hall–Kier alpha value is -2.14. The van der Waals surface area contributed by atoms with E-state index in [-0.39, 0.29) is 5.91 Å². The van der Waals surface area contributed by atoms with Gasteiger partial charge >= 0.3 is 0 Å². The van der Waals surface area contributed by atoms with Gasteiger partial charge in [0.15, 0.2) is 5.13 Å². The van der Waals surface area contributed by atoms with E-state index in [0.29, 0.717) is 10.8 Å². The number of aromatic nitrogens is 1. The van der Waals surface area contributed by atoms with E-state index in [1.807, 2.05) is 24.3 Å². The van der Waals surface area contributed by atoms with Gasteiger partial charge in [-0.25, -0.2) is 4.98 Å². The van der Waals surface area contributed by atoms with Crippen LogP contribution in [-0.4, -0.2) is 10.9 Å². The normalized spacial score (nSPS) is 14.1. The number of hydrogen-bond acceptors (Lipinski definition) is 4. The summed E-state index contributed by atoms with van der Waals surface area (Å²) >= 11 is 1.59. The van der Waals surface area contributed by atoms with Crippen LogP contribution in [0.25, 0.3) is 6.08 Å². The Balaban J connectivity index is 1.63. The number of carbonyl (C=O) groups excluding carboxylic acids is 1. The van der Waals surface area contributed by atoms with Gasteiger partial charge in [0.05, 0.1) is 5.69 Å². The van der Waals surface area contributed by atoms with Crippen LogP contribution >= 0.6 is 11.3 Å². The summed E-state index contributed by atoms with van der Waals surface area (Å²) in [5, 5.41) is 3.54. The molecule has 0 saturated heterocycles. The van der Waals surface area contributed by atoms with Gasteiger partial charge in [-0.15, -0.1) is 11.3 Å². The van der Waals surface area contributed by atoms with Crippen molar-refractivity contribution in [2.45, 2.75) is 25.7 Å². The number of nitrogens with zero attached hydrogens (tertiary/aromatic N) is 1. The molecule has 2 aromatic rings. The Morgan fingerprint density at radius 2 is 2.00 bits per heavy atom. The number of rotatable bonds is 3. The lowest BCUT2D eigenvalue weighted by atomic mass is 10.0. The number of nitrogens with one attached hydrogen (secondary N) is 1. The molecule has 1 aliphatic carbocycles. The molecule has 3 N–H and O–H groups in total. The Kier molecular flexibility index (Phi) is 4.01. The van der Waals surface area contributed by atoms with Gasteiger partial charge in [-0.05, 0) is 49.5 Å². The first-order valence-electron chi connectivity index (χ1n) is 7.04. The number of thiazole rings is 1. The smallest absolute Gasteiger partial charge is 0.250 e. The van der Waals surface area contributed by atoms with Crippen LogP contribution in [0.2, 0.25) is 0 Å². The van der Waals surface area contributed by atoms with Gasteiger partial charge in [-0.1, -0.05) is 12.1 Å². The number of nitrogens with two attached hydrogens (primary N) is 1. The zero-order valence-electron chi connectivity index (χ0n) is 11.6. The summed E-state index contributed by atoms with van der Waals surface area (Å²) < 4.78 is 0. The summed E-state index contributed by atoms with van der Waals surface area (Å²) in [4.78, 5) is 17.7. The minimum absolute atomic E-state index is 0.155. The van der Waals surface area contributed by atoms with Crippen molar-refractivity contribution in [1.29, 1.82) is 0 Å². The molecular weight excluding hydrogens is 282 g/mol. The van der Waals surface area contributed by atoms with Crippen molar-refractivity contribution in [3.63, 3.8) is 0 Å². The number of aryl methyl sites for hydroxylation is 2. The van der Waals surface area contributed by atoms with E-state index in [1.54, 1.807) is 17.4 Å². The van der Waals surface area contributed by atoms with Crippen LogP contribution in [0, 0.1) is 0 Å². The van der Waals surface area contributed by atoms with Crippen molar-refractivity contribution in [2.24, 2.45) is 0 Å². The molecular formula is C16H17N3OS. The van der Waals surface area contributed by atoms with E-state index in [2.05, 4.69) is 10.3 Å². The second-order valence-electron chi connectivity index (χ2n) is 5.09. The lowest BCUT2D eigenvalue weighted by Crippen LogP contribution is -2.07. The van der Waals surface area contributed by atoms with E-state index < -0.39 is 0 Å². The number of anilines is 2. The van der Waals surface area contributed by atoms with Crippen LogP contribution in [0.4, 0.5) is 10.8 Å². The molecule has 0 atom stereocenters.